The fraction of sp³-hybridized carbons (Fsp3) is 0.114. The second-order valence-corrected chi connectivity index (χ2v) is 11.6. The van der Waals surface area contributed by atoms with Crippen molar-refractivity contribution >= 4 is 57.1 Å². The molecule has 0 fully saturated rings. The zero-order valence-corrected chi connectivity index (χ0v) is 25.3. The Labute approximate surface area is 265 Å². The second kappa shape index (κ2) is 11.3. The molecule has 0 bridgehead atoms. The first kappa shape index (κ1) is 29.5. The molecule has 0 amide bonds. The van der Waals surface area contributed by atoms with E-state index in [1.807, 2.05) is 24.3 Å². The lowest BCUT2D eigenvalue weighted by Crippen LogP contribution is -2.21. The molecule has 2 heterocycles. The van der Waals surface area contributed by atoms with Gasteiger partial charge in [0.25, 0.3) is 0 Å². The Morgan fingerprint density at radius 2 is 1.33 bits per heavy atom. The Morgan fingerprint density at radius 3 is 1.91 bits per heavy atom. The molecule has 7 rings (SSSR count). The van der Waals surface area contributed by atoms with Crippen LogP contribution in [0.15, 0.2) is 102 Å². The molecule has 0 saturated heterocycles. The Bertz CT molecular complexity index is 2100. The highest BCUT2D eigenvalue weighted by molar-refractivity contribution is 7.00. The number of fused-ring (bicyclic) bond motifs is 2. The van der Waals surface area contributed by atoms with Crippen molar-refractivity contribution < 1.29 is 23.1 Å². The van der Waals surface area contributed by atoms with Crippen molar-refractivity contribution in [2.24, 2.45) is 4.99 Å². The van der Waals surface area contributed by atoms with Gasteiger partial charge in [-0.2, -0.15) is 21.9 Å². The minimum atomic E-state index is -4.63. The van der Waals surface area contributed by atoms with Gasteiger partial charge >= 0.3 is 6.18 Å². The van der Waals surface area contributed by atoms with E-state index in [1.165, 1.54) is 11.1 Å². The number of aliphatic hydroxyl groups excluding tert-OH is 1. The molecular formula is C35H24F3N5O2S. The third kappa shape index (κ3) is 5.23. The van der Waals surface area contributed by atoms with Crippen LogP contribution in [0.4, 0.5) is 36.1 Å². The summed E-state index contributed by atoms with van der Waals surface area (Å²) in [5.41, 5.74) is 6.54. The van der Waals surface area contributed by atoms with E-state index in [-0.39, 0.29) is 22.7 Å². The van der Waals surface area contributed by atoms with Gasteiger partial charge in [0, 0.05) is 39.9 Å². The number of pyridine rings is 1. The molecule has 46 heavy (non-hydrogen) atoms. The second-order valence-electron chi connectivity index (χ2n) is 11.0. The molecule has 11 heteroatoms. The van der Waals surface area contributed by atoms with Crippen LogP contribution in [0, 0.1) is 13.8 Å². The number of rotatable bonds is 5. The number of hydrogen-bond donors (Lipinski definition) is 1. The molecule has 0 spiro atoms. The van der Waals surface area contributed by atoms with Crippen LogP contribution < -0.4 is 4.90 Å². The average molecular weight is 636 g/mol. The van der Waals surface area contributed by atoms with Crippen LogP contribution in [0.2, 0.25) is 0 Å². The molecule has 1 N–H and O–H groups in total. The normalized spacial score (nSPS) is 15.5. The predicted octanol–water partition coefficient (Wildman–Crippen LogP) is 8.54. The fourth-order valence-electron chi connectivity index (χ4n) is 5.48. The molecule has 228 valence electrons. The summed E-state index contributed by atoms with van der Waals surface area (Å²) >= 11 is 0.958. The molecule has 6 aromatic rings. The van der Waals surface area contributed by atoms with E-state index in [0.29, 0.717) is 16.6 Å². The van der Waals surface area contributed by atoms with Crippen molar-refractivity contribution in [1.29, 1.82) is 0 Å². The van der Waals surface area contributed by atoms with Crippen molar-refractivity contribution in [2.45, 2.75) is 26.1 Å². The number of aliphatic imine (C=N–C) groups is 1. The van der Waals surface area contributed by atoms with Gasteiger partial charge in [0.2, 0.25) is 0 Å². The lowest BCUT2D eigenvalue weighted by molar-refractivity contribution is -0.137. The van der Waals surface area contributed by atoms with Gasteiger partial charge in [0.05, 0.1) is 23.0 Å². The molecule has 0 saturated carbocycles. The first-order valence-electron chi connectivity index (χ1n) is 14.3. The van der Waals surface area contributed by atoms with E-state index in [4.69, 9.17) is 0 Å². The minimum Gasteiger partial charge on any atom is -0.378 e. The van der Waals surface area contributed by atoms with Gasteiger partial charge in [0.15, 0.2) is 17.7 Å². The summed E-state index contributed by atoms with van der Waals surface area (Å²) in [5, 5.41) is 10.6. The zero-order valence-electron chi connectivity index (χ0n) is 24.4. The SMILES string of the molecule is Cc1ccc(N(c2ccc(C)cc2)c2ccc(-c3cnc(/N=C4/c5ccc(C(F)(F)F)cc5C(=O)C4O)c4nsnc34)cc2)cc1. The summed E-state index contributed by atoms with van der Waals surface area (Å²) in [6.07, 6.45) is -4.76. The minimum absolute atomic E-state index is 0.0834. The highest BCUT2D eigenvalue weighted by Gasteiger charge is 2.39. The molecule has 7 nitrogen and oxygen atoms in total. The maximum Gasteiger partial charge on any atom is 0.416 e. The number of aliphatic hydroxyl groups is 1. The predicted molar refractivity (Wildman–Crippen MR) is 173 cm³/mol. The highest BCUT2D eigenvalue weighted by atomic mass is 32.1. The van der Waals surface area contributed by atoms with E-state index >= 15 is 0 Å². The first-order valence-corrected chi connectivity index (χ1v) is 15.0. The molecule has 2 aromatic heterocycles. The Balaban J connectivity index is 1.25. The van der Waals surface area contributed by atoms with Crippen LogP contribution in [-0.4, -0.2) is 36.4 Å². The quantitative estimate of drug-likeness (QED) is 0.204. The van der Waals surface area contributed by atoms with Gasteiger partial charge in [-0.25, -0.2) is 9.98 Å². The smallest absolute Gasteiger partial charge is 0.378 e. The molecular weight excluding hydrogens is 611 g/mol. The molecule has 4 aromatic carbocycles. The van der Waals surface area contributed by atoms with Crippen LogP contribution in [0.3, 0.4) is 0 Å². The molecule has 0 aliphatic heterocycles. The number of carbonyl (C=O) groups excluding carboxylic acids is 1. The molecule has 1 aliphatic rings. The van der Waals surface area contributed by atoms with Crippen LogP contribution >= 0.6 is 11.7 Å². The third-order valence-corrected chi connectivity index (χ3v) is 8.44. The lowest BCUT2D eigenvalue weighted by atomic mass is 10.0. The molecule has 1 unspecified atom stereocenters. The van der Waals surface area contributed by atoms with Crippen molar-refractivity contribution in [3.63, 3.8) is 0 Å². The van der Waals surface area contributed by atoms with Gasteiger partial charge in [-0.1, -0.05) is 53.6 Å². The number of alkyl halides is 3. The average Bonchev–Trinajstić information content (AvgIpc) is 3.63. The van der Waals surface area contributed by atoms with Crippen LogP contribution in [0.25, 0.3) is 22.2 Å². The number of halogens is 3. The van der Waals surface area contributed by atoms with E-state index in [1.54, 1.807) is 6.20 Å². The number of benzene rings is 4. The van der Waals surface area contributed by atoms with Crippen molar-refractivity contribution in [1.82, 2.24) is 13.7 Å². The number of ketones is 1. The van der Waals surface area contributed by atoms with E-state index in [9.17, 15) is 23.1 Å². The number of aryl methyl sites for hydroxylation is 2. The Kier molecular flexibility index (Phi) is 7.22. The molecule has 1 aliphatic carbocycles. The number of aromatic nitrogens is 3. The standard InChI is InChI=1S/C35H24F3N5O2S/c1-19-3-10-23(11-4-19)43(24-12-5-20(2)6-13-24)25-14-7-21(8-15-25)28-18-39-34(31-29(28)41-46-42-31)40-30-26-16-9-22(35(36,37)38)17-27(26)32(44)33(30)45/h3-18,33,45H,1-2H3/b40-30-. The summed E-state index contributed by atoms with van der Waals surface area (Å²) in [7, 11) is 0. The summed E-state index contributed by atoms with van der Waals surface area (Å²) in [4.78, 5) is 23.7. The Morgan fingerprint density at radius 1 is 0.761 bits per heavy atom. The number of carbonyl (C=O) groups is 1. The highest BCUT2D eigenvalue weighted by Crippen LogP contribution is 2.39. The fourth-order valence-corrected chi connectivity index (χ4v) is 6.04. The van der Waals surface area contributed by atoms with Gasteiger partial charge < -0.3 is 10.0 Å². The third-order valence-electron chi connectivity index (χ3n) is 7.91. The van der Waals surface area contributed by atoms with E-state index in [2.05, 4.69) is 86.0 Å². The van der Waals surface area contributed by atoms with Gasteiger partial charge in [-0.3, -0.25) is 4.79 Å². The first-order chi connectivity index (χ1) is 22.1. The van der Waals surface area contributed by atoms with E-state index < -0.39 is 23.6 Å². The summed E-state index contributed by atoms with van der Waals surface area (Å²) in [5.74, 6) is -0.752. The van der Waals surface area contributed by atoms with Crippen LogP contribution in [0.5, 0.6) is 0 Å². The summed E-state index contributed by atoms with van der Waals surface area (Å²) < 4.78 is 48.6. The topological polar surface area (TPSA) is 91.6 Å². The van der Waals surface area contributed by atoms with E-state index in [0.717, 1.165) is 52.6 Å². The number of hydrogen-bond acceptors (Lipinski definition) is 8. The Hall–Kier alpha value is -5.26. The van der Waals surface area contributed by atoms with Gasteiger partial charge in [-0.05, 0) is 67.9 Å². The summed E-state index contributed by atoms with van der Waals surface area (Å²) in [6.45, 7) is 4.10. The van der Waals surface area contributed by atoms with Crippen molar-refractivity contribution in [3.8, 4) is 11.1 Å². The number of Topliss-reactive ketones (excluding diaryl/α,β-unsaturated/α-hetero) is 1. The van der Waals surface area contributed by atoms with Gasteiger partial charge in [-0.15, -0.1) is 0 Å². The molecule has 0 radical (unpaired) electrons. The van der Waals surface area contributed by atoms with Crippen LogP contribution in [-0.2, 0) is 6.18 Å². The number of nitrogens with zero attached hydrogens (tertiary/aromatic N) is 5. The number of anilines is 3. The summed E-state index contributed by atoms with van der Waals surface area (Å²) in [6, 6.07) is 27.4. The molecule has 1 atom stereocenters. The lowest BCUT2D eigenvalue weighted by Gasteiger charge is -2.26. The monoisotopic (exact) mass is 635 g/mol. The van der Waals surface area contributed by atoms with Crippen molar-refractivity contribution in [3.05, 3.63) is 125 Å². The largest absolute Gasteiger partial charge is 0.416 e. The zero-order chi connectivity index (χ0) is 32.2. The maximum atomic E-state index is 13.3. The van der Waals surface area contributed by atoms with Gasteiger partial charge in [0.1, 0.15) is 11.0 Å². The van der Waals surface area contributed by atoms with Crippen LogP contribution in [0.1, 0.15) is 32.6 Å². The van der Waals surface area contributed by atoms with Crippen molar-refractivity contribution in [2.75, 3.05) is 4.90 Å². The maximum absolute atomic E-state index is 13.3.